The van der Waals surface area contributed by atoms with Crippen molar-refractivity contribution in [2.24, 2.45) is 0 Å². The van der Waals surface area contributed by atoms with Gasteiger partial charge < -0.3 is 0 Å². The summed E-state index contributed by atoms with van der Waals surface area (Å²) in [6, 6.07) is 47.6. The quantitative estimate of drug-likeness (QED) is 0.230. The molecule has 0 amide bonds. The number of nitrogens with zero attached hydrogens (tertiary/aromatic N) is 2. The summed E-state index contributed by atoms with van der Waals surface area (Å²) in [6.07, 6.45) is 0. The minimum Gasteiger partial charge on any atom is -0.244 e. The molecule has 0 saturated heterocycles. The van der Waals surface area contributed by atoms with Crippen LogP contribution in [0.4, 0.5) is 0 Å². The van der Waals surface area contributed by atoms with Crippen LogP contribution in [0.1, 0.15) is 25.0 Å². The van der Waals surface area contributed by atoms with Crippen LogP contribution in [-0.2, 0) is 5.41 Å². The lowest BCUT2D eigenvalue weighted by atomic mass is 9.81. The second-order valence-corrected chi connectivity index (χ2v) is 11.5. The van der Waals surface area contributed by atoms with Crippen LogP contribution in [0, 0.1) is 0 Å². The topological polar surface area (TPSA) is 25.8 Å². The molecule has 0 bridgehead atoms. The van der Waals surface area contributed by atoms with Gasteiger partial charge in [-0.2, -0.15) is 0 Å². The van der Waals surface area contributed by atoms with E-state index in [4.69, 9.17) is 9.97 Å². The van der Waals surface area contributed by atoms with Gasteiger partial charge in [-0.3, -0.25) is 0 Å². The predicted molar refractivity (Wildman–Crippen MR) is 171 cm³/mol. The van der Waals surface area contributed by atoms with Gasteiger partial charge in [0.15, 0.2) is 0 Å². The lowest BCUT2D eigenvalue weighted by Gasteiger charge is -2.22. The zero-order valence-corrected chi connectivity index (χ0v) is 23.1. The van der Waals surface area contributed by atoms with Crippen molar-refractivity contribution in [2.75, 3.05) is 0 Å². The Hall–Kier alpha value is -5.08. The molecule has 0 spiro atoms. The summed E-state index contributed by atoms with van der Waals surface area (Å²) in [5.41, 5.74) is 13.4. The van der Waals surface area contributed by atoms with Crippen LogP contribution >= 0.6 is 0 Å². The third-order valence-corrected chi connectivity index (χ3v) is 8.67. The van der Waals surface area contributed by atoms with Crippen molar-refractivity contribution in [2.45, 2.75) is 19.3 Å². The summed E-state index contributed by atoms with van der Waals surface area (Å²) in [6.45, 7) is 4.64. The standard InChI is InChI=1S/C39H28N2/c1-39(2)33-12-6-5-11-31(33)32-22-21-30(24-34(32)39)38-37(40-35-13-7-8-14-36(35)41-38)27-18-15-26(16-19-27)29-20-17-25-9-3-4-10-28(25)23-29/h3-24H,1-2H3. The van der Waals surface area contributed by atoms with Crippen molar-refractivity contribution < 1.29 is 0 Å². The Labute approximate surface area is 240 Å². The van der Waals surface area contributed by atoms with Crippen molar-refractivity contribution in [1.29, 1.82) is 0 Å². The zero-order valence-electron chi connectivity index (χ0n) is 23.1. The molecule has 1 aliphatic rings. The first-order valence-electron chi connectivity index (χ1n) is 14.2. The van der Waals surface area contributed by atoms with Gasteiger partial charge >= 0.3 is 0 Å². The SMILES string of the molecule is CC1(C)c2ccccc2-c2ccc(-c3nc4ccccc4nc3-c3ccc(-c4ccc5ccccc5c4)cc3)cc21. The summed E-state index contributed by atoms with van der Waals surface area (Å²) in [7, 11) is 0. The van der Waals surface area contributed by atoms with Crippen LogP contribution < -0.4 is 0 Å². The predicted octanol–water partition coefficient (Wildman–Crippen LogP) is 10.1. The summed E-state index contributed by atoms with van der Waals surface area (Å²) in [5.74, 6) is 0. The fraction of sp³-hybridized carbons (Fsp3) is 0.0769. The van der Waals surface area contributed by atoms with Crippen LogP contribution in [0.5, 0.6) is 0 Å². The number of aromatic nitrogens is 2. The molecule has 0 saturated carbocycles. The highest BCUT2D eigenvalue weighted by Crippen LogP contribution is 2.49. The van der Waals surface area contributed by atoms with Gasteiger partial charge in [0.2, 0.25) is 0 Å². The van der Waals surface area contributed by atoms with Gasteiger partial charge in [0.05, 0.1) is 22.4 Å². The highest BCUT2D eigenvalue weighted by Gasteiger charge is 2.35. The molecule has 8 rings (SSSR count). The molecule has 0 aliphatic heterocycles. The molecule has 41 heavy (non-hydrogen) atoms. The van der Waals surface area contributed by atoms with Gasteiger partial charge in [-0.1, -0.05) is 123 Å². The number of fused-ring (bicyclic) bond motifs is 5. The fourth-order valence-corrected chi connectivity index (χ4v) is 6.44. The van der Waals surface area contributed by atoms with Gasteiger partial charge in [-0.25, -0.2) is 9.97 Å². The van der Waals surface area contributed by atoms with Crippen LogP contribution in [0.25, 0.3) is 66.6 Å². The Balaban J connectivity index is 1.26. The molecule has 0 atom stereocenters. The lowest BCUT2D eigenvalue weighted by Crippen LogP contribution is -2.15. The number of rotatable bonds is 3. The molecule has 1 aromatic heterocycles. The van der Waals surface area contributed by atoms with E-state index in [-0.39, 0.29) is 5.41 Å². The second kappa shape index (κ2) is 8.97. The van der Waals surface area contributed by atoms with E-state index in [1.54, 1.807) is 0 Å². The highest BCUT2D eigenvalue weighted by atomic mass is 14.8. The molecule has 0 unspecified atom stereocenters. The van der Waals surface area contributed by atoms with Crippen molar-refractivity contribution in [3.63, 3.8) is 0 Å². The van der Waals surface area contributed by atoms with Crippen LogP contribution in [-0.4, -0.2) is 9.97 Å². The zero-order chi connectivity index (χ0) is 27.6. The number of para-hydroxylation sites is 2. The van der Waals surface area contributed by atoms with Crippen LogP contribution in [0.15, 0.2) is 133 Å². The molecule has 0 N–H and O–H groups in total. The van der Waals surface area contributed by atoms with E-state index in [1.807, 2.05) is 24.3 Å². The molecule has 2 heteroatoms. The number of benzene rings is 6. The summed E-state index contributed by atoms with van der Waals surface area (Å²) >= 11 is 0. The minimum atomic E-state index is -0.0755. The molecule has 7 aromatic rings. The van der Waals surface area contributed by atoms with Gasteiger partial charge in [-0.05, 0) is 68.4 Å². The van der Waals surface area contributed by atoms with Crippen molar-refractivity contribution in [3.8, 4) is 44.8 Å². The average molecular weight is 525 g/mol. The Morgan fingerprint density at radius 1 is 0.415 bits per heavy atom. The first-order valence-corrected chi connectivity index (χ1v) is 14.2. The summed E-state index contributed by atoms with van der Waals surface area (Å²) in [5, 5.41) is 2.50. The third-order valence-electron chi connectivity index (χ3n) is 8.67. The first-order chi connectivity index (χ1) is 20.1. The van der Waals surface area contributed by atoms with E-state index in [2.05, 4.69) is 123 Å². The fourth-order valence-electron chi connectivity index (χ4n) is 6.44. The van der Waals surface area contributed by atoms with Gasteiger partial charge in [-0.15, -0.1) is 0 Å². The van der Waals surface area contributed by atoms with Gasteiger partial charge in [0.1, 0.15) is 0 Å². The number of hydrogen-bond donors (Lipinski definition) is 0. The molecular weight excluding hydrogens is 496 g/mol. The Kier molecular flexibility index (Phi) is 5.20. The third kappa shape index (κ3) is 3.79. The molecule has 0 radical (unpaired) electrons. The summed E-state index contributed by atoms with van der Waals surface area (Å²) < 4.78 is 0. The van der Waals surface area contributed by atoms with Crippen LogP contribution in [0.2, 0.25) is 0 Å². The molecule has 0 fully saturated rings. The molecule has 6 aromatic carbocycles. The largest absolute Gasteiger partial charge is 0.244 e. The average Bonchev–Trinajstić information content (AvgIpc) is 3.26. The summed E-state index contributed by atoms with van der Waals surface area (Å²) in [4.78, 5) is 10.4. The Bertz CT molecular complexity index is 2120. The van der Waals surface area contributed by atoms with Crippen LogP contribution in [0.3, 0.4) is 0 Å². The van der Waals surface area contributed by atoms with E-state index < -0.39 is 0 Å². The second-order valence-electron chi connectivity index (χ2n) is 11.5. The molecule has 1 heterocycles. The van der Waals surface area contributed by atoms with E-state index in [1.165, 1.54) is 44.2 Å². The Morgan fingerprint density at radius 2 is 0.976 bits per heavy atom. The molecule has 2 nitrogen and oxygen atoms in total. The smallest absolute Gasteiger partial charge is 0.0973 e. The van der Waals surface area contributed by atoms with E-state index >= 15 is 0 Å². The lowest BCUT2D eigenvalue weighted by molar-refractivity contribution is 0.660. The van der Waals surface area contributed by atoms with Gasteiger partial charge in [0, 0.05) is 16.5 Å². The highest BCUT2D eigenvalue weighted by molar-refractivity contribution is 5.90. The number of hydrogen-bond acceptors (Lipinski definition) is 2. The molecule has 194 valence electrons. The maximum atomic E-state index is 5.20. The van der Waals surface area contributed by atoms with E-state index in [0.717, 1.165) is 33.5 Å². The van der Waals surface area contributed by atoms with Gasteiger partial charge in [0.25, 0.3) is 0 Å². The maximum Gasteiger partial charge on any atom is 0.0973 e. The normalized spacial score (nSPS) is 13.3. The first kappa shape index (κ1) is 23.8. The van der Waals surface area contributed by atoms with Crippen molar-refractivity contribution >= 4 is 21.8 Å². The van der Waals surface area contributed by atoms with Crippen molar-refractivity contribution in [3.05, 3.63) is 145 Å². The van der Waals surface area contributed by atoms with E-state index in [9.17, 15) is 0 Å². The Morgan fingerprint density at radius 3 is 1.76 bits per heavy atom. The molecular formula is C39H28N2. The maximum absolute atomic E-state index is 5.20. The van der Waals surface area contributed by atoms with E-state index in [0.29, 0.717) is 0 Å². The monoisotopic (exact) mass is 524 g/mol. The minimum absolute atomic E-state index is 0.0755. The molecule has 1 aliphatic carbocycles. The van der Waals surface area contributed by atoms with Crippen molar-refractivity contribution in [1.82, 2.24) is 9.97 Å².